The normalized spacial score (nSPS) is 21.1. The van der Waals surface area contributed by atoms with E-state index >= 15 is 0 Å². The van der Waals surface area contributed by atoms with E-state index in [0.29, 0.717) is 6.10 Å². The Hall–Kier alpha value is -1.13. The van der Waals surface area contributed by atoms with Crippen LogP contribution in [0.3, 0.4) is 0 Å². The summed E-state index contributed by atoms with van der Waals surface area (Å²) in [6.45, 7) is 2.06. The molecule has 16 heavy (non-hydrogen) atoms. The van der Waals surface area contributed by atoms with Gasteiger partial charge in [0.25, 0.3) is 0 Å². The molecule has 1 aliphatic heterocycles. The molecule has 1 unspecified atom stereocenters. The number of ether oxygens (including phenoxy) is 1. The zero-order chi connectivity index (χ0) is 10.8. The van der Waals surface area contributed by atoms with Gasteiger partial charge < -0.3 is 10.1 Å². The average Bonchev–Trinajstić information content (AvgIpc) is 2.80. The number of hydrogen-bond donors (Lipinski definition) is 1. The summed E-state index contributed by atoms with van der Waals surface area (Å²) in [6.07, 6.45) is 2.62. The summed E-state index contributed by atoms with van der Waals surface area (Å²) in [6, 6.07) is 6.13. The van der Waals surface area contributed by atoms with Crippen molar-refractivity contribution in [3.63, 3.8) is 0 Å². The quantitative estimate of drug-likeness (QED) is 0.866. The summed E-state index contributed by atoms with van der Waals surface area (Å²) in [7, 11) is 0. The molecule has 0 bridgehead atoms. The predicted molar refractivity (Wildman–Crippen MR) is 66.1 cm³/mol. The molecule has 1 aromatic carbocycles. The Morgan fingerprint density at radius 1 is 1.44 bits per heavy atom. The van der Waals surface area contributed by atoms with Gasteiger partial charge in [0.1, 0.15) is 17.4 Å². The molecule has 84 valence electrons. The molecule has 0 amide bonds. The third kappa shape index (κ3) is 1.90. The number of aromatic nitrogens is 1. The molecule has 3 nitrogen and oxygen atoms in total. The highest BCUT2D eigenvalue weighted by atomic mass is 32.1. The van der Waals surface area contributed by atoms with Gasteiger partial charge in [-0.2, -0.15) is 0 Å². The number of para-hydroxylation sites is 1. The number of fused-ring (bicyclic) bond motifs is 1. The average molecular weight is 234 g/mol. The molecule has 1 N–H and O–H groups in total. The van der Waals surface area contributed by atoms with Crippen molar-refractivity contribution >= 4 is 21.6 Å². The highest BCUT2D eigenvalue weighted by molar-refractivity contribution is 7.16. The van der Waals surface area contributed by atoms with E-state index in [-0.39, 0.29) is 0 Å². The van der Waals surface area contributed by atoms with Crippen molar-refractivity contribution in [2.75, 3.05) is 13.1 Å². The monoisotopic (exact) mass is 234 g/mol. The molecule has 1 aliphatic rings. The van der Waals surface area contributed by atoms with Crippen molar-refractivity contribution in [3.05, 3.63) is 23.7 Å². The molecule has 1 atom stereocenters. The summed E-state index contributed by atoms with van der Waals surface area (Å²) >= 11 is 1.66. The van der Waals surface area contributed by atoms with Crippen LogP contribution in [0.25, 0.3) is 10.2 Å². The fraction of sp³-hybridized carbons (Fsp3) is 0.417. The van der Waals surface area contributed by atoms with Crippen molar-refractivity contribution in [3.8, 4) is 5.75 Å². The molecule has 1 aromatic heterocycles. The molecular weight excluding hydrogens is 220 g/mol. The van der Waals surface area contributed by atoms with E-state index in [0.717, 1.165) is 30.8 Å². The molecule has 1 fully saturated rings. The van der Waals surface area contributed by atoms with E-state index in [1.54, 1.807) is 11.3 Å². The molecule has 2 heterocycles. The van der Waals surface area contributed by atoms with Crippen LogP contribution in [0.4, 0.5) is 0 Å². The van der Waals surface area contributed by atoms with Crippen molar-refractivity contribution in [2.45, 2.75) is 18.9 Å². The minimum Gasteiger partial charge on any atom is -0.487 e. The van der Waals surface area contributed by atoms with Gasteiger partial charge in [-0.05, 0) is 31.5 Å². The highest BCUT2D eigenvalue weighted by Gasteiger charge is 2.15. The van der Waals surface area contributed by atoms with Gasteiger partial charge >= 0.3 is 0 Å². The molecular formula is C12H14N2OS. The van der Waals surface area contributed by atoms with Crippen LogP contribution in [0, 0.1) is 0 Å². The number of piperidine rings is 1. The molecule has 0 saturated carbocycles. The third-order valence-corrected chi connectivity index (χ3v) is 3.66. The summed E-state index contributed by atoms with van der Waals surface area (Å²) in [5.41, 5.74) is 2.87. The van der Waals surface area contributed by atoms with Gasteiger partial charge in [-0.1, -0.05) is 6.07 Å². The lowest BCUT2D eigenvalue weighted by Gasteiger charge is -2.23. The Labute approximate surface area is 98.5 Å². The fourth-order valence-electron chi connectivity index (χ4n) is 2.06. The molecule has 4 heteroatoms. The summed E-state index contributed by atoms with van der Waals surface area (Å²) in [4.78, 5) is 4.36. The Morgan fingerprint density at radius 2 is 2.44 bits per heavy atom. The maximum atomic E-state index is 6.01. The predicted octanol–water partition coefficient (Wildman–Crippen LogP) is 2.43. The molecule has 0 spiro atoms. The smallest absolute Gasteiger partial charge is 0.146 e. The second-order valence-corrected chi connectivity index (χ2v) is 4.93. The molecule has 2 aromatic rings. The zero-order valence-corrected chi connectivity index (χ0v) is 9.80. The van der Waals surface area contributed by atoms with E-state index in [1.165, 1.54) is 11.1 Å². The number of rotatable bonds is 2. The van der Waals surface area contributed by atoms with Gasteiger partial charge in [-0.15, -0.1) is 11.3 Å². The van der Waals surface area contributed by atoms with Crippen molar-refractivity contribution in [1.29, 1.82) is 0 Å². The number of thiazole rings is 1. The fourth-order valence-corrected chi connectivity index (χ4v) is 2.75. The first-order valence-electron chi connectivity index (χ1n) is 5.63. The lowest BCUT2D eigenvalue weighted by molar-refractivity contribution is 0.169. The number of benzene rings is 1. The molecule has 0 radical (unpaired) electrons. The van der Waals surface area contributed by atoms with E-state index in [2.05, 4.69) is 16.4 Å². The van der Waals surface area contributed by atoms with E-state index in [9.17, 15) is 0 Å². The van der Waals surface area contributed by atoms with Crippen molar-refractivity contribution in [2.24, 2.45) is 0 Å². The first kappa shape index (κ1) is 10.1. The molecule has 1 saturated heterocycles. The van der Waals surface area contributed by atoms with Crippen molar-refractivity contribution < 1.29 is 4.74 Å². The first-order valence-corrected chi connectivity index (χ1v) is 6.51. The van der Waals surface area contributed by atoms with Gasteiger partial charge in [0.2, 0.25) is 0 Å². The van der Waals surface area contributed by atoms with E-state index < -0.39 is 0 Å². The number of nitrogens with one attached hydrogen (secondary N) is 1. The van der Waals surface area contributed by atoms with Gasteiger partial charge in [0.05, 0.1) is 10.2 Å². The van der Waals surface area contributed by atoms with Crippen LogP contribution in [0.15, 0.2) is 23.7 Å². The maximum absolute atomic E-state index is 6.01. The van der Waals surface area contributed by atoms with Crippen LogP contribution >= 0.6 is 11.3 Å². The lowest BCUT2D eigenvalue weighted by atomic mass is 10.1. The minimum absolute atomic E-state index is 0.293. The SMILES string of the molecule is c1cc(OC2CCCNC2)c2ncsc2c1. The largest absolute Gasteiger partial charge is 0.487 e. The maximum Gasteiger partial charge on any atom is 0.146 e. The summed E-state index contributed by atoms with van der Waals surface area (Å²) in [5, 5.41) is 3.35. The summed E-state index contributed by atoms with van der Waals surface area (Å²) in [5.74, 6) is 0.924. The van der Waals surface area contributed by atoms with Crippen LogP contribution in [-0.4, -0.2) is 24.2 Å². The van der Waals surface area contributed by atoms with E-state index in [1.807, 2.05) is 17.6 Å². The van der Waals surface area contributed by atoms with Gasteiger partial charge in [-0.25, -0.2) is 4.98 Å². The molecule has 0 aliphatic carbocycles. The minimum atomic E-state index is 0.293. The van der Waals surface area contributed by atoms with Crippen LogP contribution in [-0.2, 0) is 0 Å². The van der Waals surface area contributed by atoms with Crippen LogP contribution in [0.2, 0.25) is 0 Å². The van der Waals surface area contributed by atoms with E-state index in [4.69, 9.17) is 4.74 Å². The highest BCUT2D eigenvalue weighted by Crippen LogP contribution is 2.28. The van der Waals surface area contributed by atoms with Gasteiger partial charge in [-0.3, -0.25) is 0 Å². The van der Waals surface area contributed by atoms with Crippen LogP contribution in [0.1, 0.15) is 12.8 Å². The topological polar surface area (TPSA) is 34.1 Å². The Bertz CT molecular complexity index is 477. The van der Waals surface area contributed by atoms with Gasteiger partial charge in [0, 0.05) is 6.54 Å². The second-order valence-electron chi connectivity index (χ2n) is 4.04. The van der Waals surface area contributed by atoms with Crippen LogP contribution < -0.4 is 10.1 Å². The number of hydrogen-bond acceptors (Lipinski definition) is 4. The summed E-state index contributed by atoms with van der Waals surface area (Å²) < 4.78 is 7.20. The van der Waals surface area contributed by atoms with Crippen molar-refractivity contribution in [1.82, 2.24) is 10.3 Å². The van der Waals surface area contributed by atoms with Crippen LogP contribution in [0.5, 0.6) is 5.75 Å². The first-order chi connectivity index (χ1) is 7.93. The zero-order valence-electron chi connectivity index (χ0n) is 8.98. The Balaban J connectivity index is 1.85. The van der Waals surface area contributed by atoms with Gasteiger partial charge in [0.15, 0.2) is 0 Å². The number of nitrogens with zero attached hydrogens (tertiary/aromatic N) is 1. The molecule has 3 rings (SSSR count). The second kappa shape index (κ2) is 4.39. The third-order valence-electron chi connectivity index (χ3n) is 2.87. The standard InChI is InChI=1S/C12H14N2OS/c1-4-10(12-11(5-1)16-8-14-12)15-9-3-2-6-13-7-9/h1,4-5,8-9,13H,2-3,6-7H2. The lowest BCUT2D eigenvalue weighted by Crippen LogP contribution is -2.37. The Morgan fingerprint density at radius 3 is 3.31 bits per heavy atom. The Kier molecular flexibility index (Phi) is 2.76.